The van der Waals surface area contributed by atoms with Crippen LogP contribution in [0.3, 0.4) is 0 Å². The first-order valence-corrected chi connectivity index (χ1v) is 8.00. The molecule has 24 heavy (non-hydrogen) atoms. The lowest BCUT2D eigenvalue weighted by Gasteiger charge is -2.20. The molecular weight excluding hydrogens is 310 g/mol. The van der Waals surface area contributed by atoms with Gasteiger partial charge in [0, 0.05) is 12.8 Å². The molecule has 2 N–H and O–H groups in total. The molecule has 1 aromatic carbocycles. The molecule has 0 bridgehead atoms. The lowest BCUT2D eigenvalue weighted by molar-refractivity contribution is -0.143. The number of methoxy groups -OCH3 is 1. The number of Topliss-reactive ketones (excluding diaryl/α,β-unsaturated/α-hetero) is 1. The molecular formula is C18H25NO5. The fraction of sp³-hybridized carbons (Fsp3) is 0.500. The summed E-state index contributed by atoms with van der Waals surface area (Å²) >= 11 is 0. The van der Waals surface area contributed by atoms with E-state index < -0.39 is 17.9 Å². The highest BCUT2D eigenvalue weighted by Crippen LogP contribution is 2.21. The van der Waals surface area contributed by atoms with E-state index in [2.05, 4.69) is 5.32 Å². The summed E-state index contributed by atoms with van der Waals surface area (Å²) in [7, 11) is 1.48. The van der Waals surface area contributed by atoms with Gasteiger partial charge in [0.1, 0.15) is 11.8 Å². The predicted octanol–water partition coefficient (Wildman–Crippen LogP) is 2.58. The number of carbonyl (C=O) groups excluding carboxylic acids is 2. The minimum Gasteiger partial charge on any atom is -0.496 e. The van der Waals surface area contributed by atoms with Crippen LogP contribution >= 0.6 is 0 Å². The second-order valence-electron chi connectivity index (χ2n) is 5.90. The number of ketones is 1. The van der Waals surface area contributed by atoms with Crippen molar-refractivity contribution in [1.29, 1.82) is 0 Å². The summed E-state index contributed by atoms with van der Waals surface area (Å²) in [6.45, 7) is 5.49. The summed E-state index contributed by atoms with van der Waals surface area (Å²) in [5.74, 6) is -1.43. The Kier molecular flexibility index (Phi) is 7.42. The monoisotopic (exact) mass is 335 g/mol. The van der Waals surface area contributed by atoms with Gasteiger partial charge in [0.05, 0.1) is 12.7 Å². The van der Waals surface area contributed by atoms with E-state index in [0.29, 0.717) is 17.7 Å². The van der Waals surface area contributed by atoms with Crippen LogP contribution in [0.4, 0.5) is 0 Å². The van der Waals surface area contributed by atoms with Crippen LogP contribution in [0.25, 0.3) is 0 Å². The fourth-order valence-corrected chi connectivity index (χ4v) is 2.33. The quantitative estimate of drug-likeness (QED) is 0.677. The van der Waals surface area contributed by atoms with E-state index in [9.17, 15) is 19.5 Å². The summed E-state index contributed by atoms with van der Waals surface area (Å²) in [6, 6.07) is 4.34. The molecule has 0 saturated heterocycles. The number of ether oxygens (including phenoxy) is 1. The van der Waals surface area contributed by atoms with Crippen molar-refractivity contribution < 1.29 is 24.2 Å². The van der Waals surface area contributed by atoms with Crippen LogP contribution in [-0.4, -0.2) is 35.9 Å². The van der Waals surface area contributed by atoms with Gasteiger partial charge in [0.25, 0.3) is 0 Å². The van der Waals surface area contributed by atoms with Gasteiger partial charge in [-0.3, -0.25) is 9.59 Å². The van der Waals surface area contributed by atoms with E-state index in [0.717, 1.165) is 5.56 Å². The number of aryl methyl sites for hydroxylation is 1. The van der Waals surface area contributed by atoms with Crippen molar-refractivity contribution in [3.8, 4) is 5.75 Å². The van der Waals surface area contributed by atoms with Gasteiger partial charge < -0.3 is 15.2 Å². The average Bonchev–Trinajstić information content (AvgIpc) is 2.56. The molecule has 0 saturated carbocycles. The van der Waals surface area contributed by atoms with Crippen LogP contribution < -0.4 is 10.1 Å². The van der Waals surface area contributed by atoms with Crippen LogP contribution in [-0.2, 0) is 9.59 Å². The van der Waals surface area contributed by atoms with E-state index >= 15 is 0 Å². The zero-order chi connectivity index (χ0) is 18.3. The minimum absolute atomic E-state index is 0.00150. The van der Waals surface area contributed by atoms with E-state index in [1.807, 2.05) is 19.9 Å². The number of amides is 1. The average molecular weight is 335 g/mol. The van der Waals surface area contributed by atoms with Crippen molar-refractivity contribution in [3.63, 3.8) is 0 Å². The summed E-state index contributed by atoms with van der Waals surface area (Å²) in [4.78, 5) is 35.5. The third-order valence-corrected chi connectivity index (χ3v) is 4.03. The van der Waals surface area contributed by atoms with Crippen LogP contribution in [0.15, 0.2) is 18.2 Å². The van der Waals surface area contributed by atoms with Gasteiger partial charge in [-0.25, -0.2) is 4.79 Å². The van der Waals surface area contributed by atoms with Gasteiger partial charge in [-0.2, -0.15) is 0 Å². The number of nitrogens with one attached hydrogen (secondary N) is 1. The topological polar surface area (TPSA) is 92.7 Å². The SMILES string of the molecule is CCC(C)C(NC(=O)CCC(=O)c1cc(C)ccc1OC)C(=O)O. The lowest BCUT2D eigenvalue weighted by atomic mass is 9.98. The molecule has 2 unspecified atom stereocenters. The van der Waals surface area contributed by atoms with Crippen molar-refractivity contribution in [2.45, 2.75) is 46.1 Å². The molecule has 2 atom stereocenters. The van der Waals surface area contributed by atoms with Crippen molar-refractivity contribution in [1.82, 2.24) is 5.32 Å². The van der Waals surface area contributed by atoms with Gasteiger partial charge in [0.2, 0.25) is 5.91 Å². The van der Waals surface area contributed by atoms with Gasteiger partial charge in [-0.1, -0.05) is 31.9 Å². The van der Waals surface area contributed by atoms with Crippen molar-refractivity contribution in [2.24, 2.45) is 5.92 Å². The number of hydrogen-bond donors (Lipinski definition) is 2. The summed E-state index contributed by atoms with van der Waals surface area (Å²) in [5.41, 5.74) is 1.35. The zero-order valence-electron chi connectivity index (χ0n) is 14.6. The summed E-state index contributed by atoms with van der Waals surface area (Å²) in [5, 5.41) is 11.7. The van der Waals surface area contributed by atoms with Crippen molar-refractivity contribution in [3.05, 3.63) is 29.3 Å². The second-order valence-corrected chi connectivity index (χ2v) is 5.90. The molecule has 0 fully saturated rings. The fourth-order valence-electron chi connectivity index (χ4n) is 2.33. The summed E-state index contributed by atoms with van der Waals surface area (Å²) in [6.07, 6.45) is 0.575. The van der Waals surface area contributed by atoms with Crippen LogP contribution in [0.2, 0.25) is 0 Å². The number of rotatable bonds is 9. The standard InChI is InChI=1S/C18H25NO5/c1-5-12(3)17(18(22)23)19-16(21)9-7-14(20)13-10-11(2)6-8-15(13)24-4/h6,8,10,12,17H,5,7,9H2,1-4H3,(H,19,21)(H,22,23). The third-order valence-electron chi connectivity index (χ3n) is 4.03. The highest BCUT2D eigenvalue weighted by molar-refractivity contribution is 6.00. The minimum atomic E-state index is -1.07. The molecule has 0 aliphatic carbocycles. The van der Waals surface area contributed by atoms with Gasteiger partial charge in [0.15, 0.2) is 5.78 Å². The Bertz CT molecular complexity index is 611. The van der Waals surface area contributed by atoms with E-state index in [1.165, 1.54) is 7.11 Å². The Morgan fingerprint density at radius 2 is 1.92 bits per heavy atom. The first-order chi connectivity index (χ1) is 11.3. The van der Waals surface area contributed by atoms with E-state index in [1.54, 1.807) is 19.1 Å². The maximum absolute atomic E-state index is 12.3. The smallest absolute Gasteiger partial charge is 0.326 e. The Labute approximate surface area is 142 Å². The maximum Gasteiger partial charge on any atom is 0.326 e. The molecule has 0 spiro atoms. The number of carbonyl (C=O) groups is 3. The van der Waals surface area contributed by atoms with Crippen molar-refractivity contribution in [2.75, 3.05) is 7.11 Å². The summed E-state index contributed by atoms with van der Waals surface area (Å²) < 4.78 is 5.17. The van der Waals surface area contributed by atoms with Gasteiger partial charge >= 0.3 is 5.97 Å². The number of carboxylic acid groups (broad SMARTS) is 1. The number of benzene rings is 1. The van der Waals surface area contributed by atoms with Crippen LogP contribution in [0.1, 0.15) is 49.0 Å². The van der Waals surface area contributed by atoms with Gasteiger partial charge in [-0.05, 0) is 25.0 Å². The molecule has 1 aromatic rings. The van der Waals surface area contributed by atoms with Crippen molar-refractivity contribution >= 4 is 17.7 Å². The Balaban J connectivity index is 2.68. The molecule has 132 valence electrons. The second kappa shape index (κ2) is 9.05. The molecule has 1 amide bonds. The zero-order valence-corrected chi connectivity index (χ0v) is 14.6. The van der Waals surface area contributed by atoms with E-state index in [-0.39, 0.29) is 24.5 Å². The third kappa shape index (κ3) is 5.37. The molecule has 0 aliphatic heterocycles. The molecule has 0 radical (unpaired) electrons. The highest BCUT2D eigenvalue weighted by atomic mass is 16.5. The molecule has 1 rings (SSSR count). The highest BCUT2D eigenvalue weighted by Gasteiger charge is 2.25. The number of carboxylic acids is 1. The van der Waals surface area contributed by atoms with Crippen LogP contribution in [0.5, 0.6) is 5.75 Å². The molecule has 0 heterocycles. The maximum atomic E-state index is 12.3. The Hall–Kier alpha value is -2.37. The lowest BCUT2D eigenvalue weighted by Crippen LogP contribution is -2.45. The number of hydrogen-bond acceptors (Lipinski definition) is 4. The molecule has 0 aliphatic rings. The molecule has 6 nitrogen and oxygen atoms in total. The van der Waals surface area contributed by atoms with E-state index in [4.69, 9.17) is 4.74 Å². The predicted molar refractivity (Wildman–Crippen MR) is 90.3 cm³/mol. The Morgan fingerprint density at radius 3 is 2.46 bits per heavy atom. The molecule has 6 heteroatoms. The normalized spacial score (nSPS) is 13.0. The molecule has 0 aromatic heterocycles. The first-order valence-electron chi connectivity index (χ1n) is 8.00. The van der Waals surface area contributed by atoms with Crippen LogP contribution in [0, 0.1) is 12.8 Å². The first kappa shape index (κ1) is 19.7. The Morgan fingerprint density at radius 1 is 1.25 bits per heavy atom. The largest absolute Gasteiger partial charge is 0.496 e. The number of aliphatic carboxylic acids is 1. The van der Waals surface area contributed by atoms with Gasteiger partial charge in [-0.15, -0.1) is 0 Å².